The van der Waals surface area contributed by atoms with Crippen molar-refractivity contribution in [1.29, 1.82) is 0 Å². The van der Waals surface area contributed by atoms with Crippen LogP contribution in [0.2, 0.25) is 0 Å². The van der Waals surface area contributed by atoms with Gasteiger partial charge in [0.2, 0.25) is 0 Å². The van der Waals surface area contributed by atoms with E-state index in [2.05, 4.69) is 15.1 Å². The first-order valence-corrected chi connectivity index (χ1v) is 6.65. The molecule has 1 fully saturated rings. The van der Waals surface area contributed by atoms with Crippen LogP contribution in [0.15, 0.2) is 43.6 Å². The third-order valence-corrected chi connectivity index (χ3v) is 3.53. The predicted octanol–water partition coefficient (Wildman–Crippen LogP) is 2.20. The molecular weight excluding hydrogens is 256 g/mol. The number of carbonyl (C=O) groups excluding carboxylic acids is 1. The molecule has 0 radical (unpaired) electrons. The van der Waals surface area contributed by atoms with Gasteiger partial charge in [0.15, 0.2) is 0 Å². The van der Waals surface area contributed by atoms with E-state index in [1.807, 2.05) is 0 Å². The molecule has 2 aliphatic heterocycles. The molecule has 3 aliphatic rings. The maximum atomic E-state index is 12.0. The zero-order chi connectivity index (χ0) is 13.5. The third-order valence-electron chi connectivity index (χ3n) is 3.53. The smallest absolute Gasteiger partial charge is 0.299 e. The van der Waals surface area contributed by atoms with E-state index in [1.165, 1.54) is 5.01 Å². The highest BCUT2D eigenvalue weighted by Gasteiger charge is 2.34. The van der Waals surface area contributed by atoms with Crippen LogP contribution in [0.4, 0.5) is 0 Å². The third kappa shape index (κ3) is 1.72. The van der Waals surface area contributed by atoms with E-state index in [1.54, 1.807) is 24.5 Å². The largest absolute Gasteiger partial charge is 0.465 e. The number of guanidine groups is 1. The molecule has 0 N–H and O–H groups in total. The second-order valence-electron chi connectivity index (χ2n) is 4.89. The van der Waals surface area contributed by atoms with E-state index in [9.17, 15) is 4.79 Å². The molecule has 1 amide bonds. The van der Waals surface area contributed by atoms with Gasteiger partial charge in [-0.3, -0.25) is 4.79 Å². The van der Waals surface area contributed by atoms with Crippen molar-refractivity contribution in [3.05, 3.63) is 29.9 Å². The summed E-state index contributed by atoms with van der Waals surface area (Å²) in [6.45, 7) is 0. The molecule has 3 heterocycles. The summed E-state index contributed by atoms with van der Waals surface area (Å²) in [5.41, 5.74) is 2.32. The van der Waals surface area contributed by atoms with Gasteiger partial charge < -0.3 is 4.42 Å². The zero-order valence-electron chi connectivity index (χ0n) is 10.7. The Labute approximate surface area is 115 Å². The van der Waals surface area contributed by atoms with Crippen LogP contribution in [0.25, 0.3) is 6.08 Å². The molecule has 4 rings (SSSR count). The molecule has 100 valence electrons. The number of aliphatic imine (C=N–C) groups is 2. The van der Waals surface area contributed by atoms with Crippen molar-refractivity contribution in [2.24, 2.45) is 15.1 Å². The highest BCUT2D eigenvalue weighted by Crippen LogP contribution is 2.26. The maximum Gasteiger partial charge on any atom is 0.299 e. The maximum absolute atomic E-state index is 12.0. The minimum Gasteiger partial charge on any atom is -0.465 e. The second-order valence-corrected chi connectivity index (χ2v) is 4.89. The molecule has 0 spiro atoms. The van der Waals surface area contributed by atoms with Gasteiger partial charge in [-0.05, 0) is 37.8 Å². The first-order chi connectivity index (χ1) is 9.81. The van der Waals surface area contributed by atoms with Crippen LogP contribution in [-0.2, 0) is 4.79 Å². The molecule has 0 saturated heterocycles. The van der Waals surface area contributed by atoms with E-state index in [4.69, 9.17) is 4.42 Å². The fourth-order valence-corrected chi connectivity index (χ4v) is 2.54. The molecule has 1 aliphatic carbocycles. The number of hydrazone groups is 1. The minimum absolute atomic E-state index is 0.330. The summed E-state index contributed by atoms with van der Waals surface area (Å²) in [4.78, 5) is 20.4. The van der Waals surface area contributed by atoms with Crippen LogP contribution in [0.5, 0.6) is 0 Å². The van der Waals surface area contributed by atoms with E-state index >= 15 is 0 Å². The number of rotatable bonds is 1. The Morgan fingerprint density at radius 1 is 1.20 bits per heavy atom. The summed E-state index contributed by atoms with van der Waals surface area (Å²) < 4.78 is 5.24. The van der Waals surface area contributed by atoms with Crippen molar-refractivity contribution in [1.82, 2.24) is 5.01 Å². The number of amides is 1. The molecule has 6 heteroatoms. The quantitative estimate of drug-likeness (QED) is 0.733. The Hall–Kier alpha value is -2.50. The van der Waals surface area contributed by atoms with E-state index in [-0.39, 0.29) is 5.91 Å². The lowest BCUT2D eigenvalue weighted by Crippen LogP contribution is -2.33. The lowest BCUT2D eigenvalue weighted by Gasteiger charge is -2.24. The van der Waals surface area contributed by atoms with Crippen molar-refractivity contribution >= 4 is 29.4 Å². The van der Waals surface area contributed by atoms with Crippen LogP contribution >= 0.6 is 0 Å². The SMILES string of the molecule is O=C1N=C2N=C3CCCCC3=NN2C1=Cc1ccco1. The van der Waals surface area contributed by atoms with Crippen molar-refractivity contribution in [3.8, 4) is 0 Å². The Bertz CT molecular complexity index is 695. The number of nitrogens with zero attached hydrogens (tertiary/aromatic N) is 4. The monoisotopic (exact) mass is 268 g/mol. The summed E-state index contributed by atoms with van der Waals surface area (Å²) in [5, 5.41) is 6.06. The van der Waals surface area contributed by atoms with Gasteiger partial charge in [-0.2, -0.15) is 15.1 Å². The lowest BCUT2D eigenvalue weighted by atomic mass is 9.96. The van der Waals surface area contributed by atoms with Gasteiger partial charge in [-0.1, -0.05) is 0 Å². The Morgan fingerprint density at radius 2 is 2.05 bits per heavy atom. The van der Waals surface area contributed by atoms with Gasteiger partial charge >= 0.3 is 0 Å². The number of hydrogen-bond donors (Lipinski definition) is 0. The van der Waals surface area contributed by atoms with Crippen molar-refractivity contribution in [2.75, 3.05) is 0 Å². The van der Waals surface area contributed by atoms with Gasteiger partial charge in [-0.25, -0.2) is 4.99 Å². The predicted molar refractivity (Wildman–Crippen MR) is 74.3 cm³/mol. The molecule has 1 aromatic heterocycles. The molecular formula is C14H12N4O2. The van der Waals surface area contributed by atoms with Gasteiger partial charge in [-0.15, -0.1) is 0 Å². The van der Waals surface area contributed by atoms with Crippen molar-refractivity contribution < 1.29 is 9.21 Å². The normalized spacial score (nSPS) is 23.2. The van der Waals surface area contributed by atoms with Gasteiger partial charge in [0.25, 0.3) is 11.9 Å². The first kappa shape index (κ1) is 11.3. The summed E-state index contributed by atoms with van der Waals surface area (Å²) >= 11 is 0. The summed E-state index contributed by atoms with van der Waals surface area (Å²) in [6.07, 6.45) is 7.26. The van der Waals surface area contributed by atoms with Crippen LogP contribution < -0.4 is 0 Å². The van der Waals surface area contributed by atoms with E-state index < -0.39 is 0 Å². The number of hydrogen-bond acceptors (Lipinski definition) is 5. The van der Waals surface area contributed by atoms with Gasteiger partial charge in [0.05, 0.1) is 17.7 Å². The molecule has 0 aromatic carbocycles. The average Bonchev–Trinajstić information content (AvgIpc) is 3.06. The molecule has 0 atom stereocenters. The van der Waals surface area contributed by atoms with Crippen LogP contribution in [0.1, 0.15) is 31.4 Å². The highest BCUT2D eigenvalue weighted by atomic mass is 16.3. The van der Waals surface area contributed by atoms with Crippen molar-refractivity contribution in [2.45, 2.75) is 25.7 Å². The summed E-state index contributed by atoms with van der Waals surface area (Å²) in [6, 6.07) is 3.55. The van der Waals surface area contributed by atoms with Gasteiger partial charge in [0.1, 0.15) is 11.5 Å². The number of fused-ring (bicyclic) bond motifs is 2. The second kappa shape index (κ2) is 4.26. The molecule has 1 saturated carbocycles. The standard InChI is InChI=1S/C14H12N4O2/c19-13-12(8-9-4-3-7-20-9)18-14(16-13)15-10-5-1-2-6-11(10)17-18/h3-4,7-8H,1-2,5-6H2. The molecule has 0 unspecified atom stereocenters. The molecule has 6 nitrogen and oxygen atoms in total. The minimum atomic E-state index is -0.330. The summed E-state index contributed by atoms with van der Waals surface area (Å²) in [7, 11) is 0. The van der Waals surface area contributed by atoms with Crippen LogP contribution in [-0.4, -0.2) is 28.3 Å². The first-order valence-electron chi connectivity index (χ1n) is 6.65. The summed E-state index contributed by atoms with van der Waals surface area (Å²) in [5.74, 6) is 0.639. The Balaban J connectivity index is 1.75. The fourth-order valence-electron chi connectivity index (χ4n) is 2.54. The molecule has 1 aromatic rings. The zero-order valence-corrected chi connectivity index (χ0v) is 10.7. The number of furan rings is 1. The lowest BCUT2D eigenvalue weighted by molar-refractivity contribution is -0.114. The van der Waals surface area contributed by atoms with Crippen LogP contribution in [0.3, 0.4) is 0 Å². The van der Waals surface area contributed by atoms with E-state index in [0.717, 1.165) is 37.1 Å². The highest BCUT2D eigenvalue weighted by molar-refractivity contribution is 6.45. The van der Waals surface area contributed by atoms with Crippen molar-refractivity contribution in [3.63, 3.8) is 0 Å². The average molecular weight is 268 g/mol. The van der Waals surface area contributed by atoms with Gasteiger partial charge in [0, 0.05) is 6.08 Å². The molecule has 20 heavy (non-hydrogen) atoms. The Morgan fingerprint density at radius 3 is 2.85 bits per heavy atom. The van der Waals surface area contributed by atoms with Crippen LogP contribution in [0, 0.1) is 0 Å². The topological polar surface area (TPSA) is 70.5 Å². The fraction of sp³-hybridized carbons (Fsp3) is 0.286. The number of carbonyl (C=O) groups is 1. The molecule has 0 bridgehead atoms. The Kier molecular flexibility index (Phi) is 2.42. The van der Waals surface area contributed by atoms with E-state index in [0.29, 0.717) is 17.4 Å².